The Morgan fingerprint density at radius 2 is 2.15 bits per heavy atom. The summed E-state index contributed by atoms with van der Waals surface area (Å²) in [5, 5.41) is 0. The molecule has 7 heteroatoms. The zero-order chi connectivity index (χ0) is 18.9. The van der Waals surface area contributed by atoms with Gasteiger partial charge in [-0.1, -0.05) is 6.42 Å². The highest BCUT2D eigenvalue weighted by molar-refractivity contribution is 5.90. The summed E-state index contributed by atoms with van der Waals surface area (Å²) >= 11 is 0. The number of hydrogen-bond donors (Lipinski definition) is 1. The molecule has 1 amide bonds. The van der Waals surface area contributed by atoms with Gasteiger partial charge in [-0.25, -0.2) is 0 Å². The second-order valence-corrected chi connectivity index (χ2v) is 7.90. The van der Waals surface area contributed by atoms with E-state index in [2.05, 4.69) is 9.88 Å². The number of nitrogens with two attached hydrogens (primary N) is 1. The fourth-order valence-electron chi connectivity index (χ4n) is 5.33. The third-order valence-electron chi connectivity index (χ3n) is 6.42. The number of ether oxygens (including phenoxy) is 3. The molecule has 27 heavy (non-hydrogen) atoms. The van der Waals surface area contributed by atoms with Gasteiger partial charge in [0, 0.05) is 44.8 Å². The summed E-state index contributed by atoms with van der Waals surface area (Å²) in [5.41, 5.74) is 6.41. The number of primary amides is 1. The molecule has 7 nitrogen and oxygen atoms in total. The van der Waals surface area contributed by atoms with E-state index in [4.69, 9.17) is 19.9 Å². The molecule has 1 aliphatic carbocycles. The molecule has 0 spiro atoms. The van der Waals surface area contributed by atoms with Crippen molar-refractivity contribution >= 4 is 5.91 Å². The molecule has 0 radical (unpaired) electrons. The standard InChI is InChI=1S/C20H29N3O4/c1-25-20(14-5-6-22-18(9-14)19(21)24)15-3-2-4-16(20)11-23(10-15)12-17-13-26-7-8-27-17/h5-6,9,15-17H,2-4,7-8,10-13H2,1H3,(H2,21,24)/t15?,16?,17-,20?/m1/s1. The van der Waals surface area contributed by atoms with Gasteiger partial charge in [0.25, 0.3) is 5.91 Å². The summed E-state index contributed by atoms with van der Waals surface area (Å²) in [7, 11) is 1.80. The van der Waals surface area contributed by atoms with Gasteiger partial charge in [0.1, 0.15) is 11.3 Å². The second kappa shape index (κ2) is 7.83. The predicted octanol–water partition coefficient (Wildman–Crippen LogP) is 1.17. The van der Waals surface area contributed by atoms with E-state index in [1.165, 1.54) is 6.42 Å². The topological polar surface area (TPSA) is 86.9 Å². The van der Waals surface area contributed by atoms with E-state index in [-0.39, 0.29) is 11.7 Å². The maximum atomic E-state index is 11.6. The fraction of sp³-hybridized carbons (Fsp3) is 0.700. The van der Waals surface area contributed by atoms with Crippen LogP contribution in [0.15, 0.2) is 18.3 Å². The van der Waals surface area contributed by atoms with E-state index in [1.807, 2.05) is 12.1 Å². The first-order chi connectivity index (χ1) is 13.1. The molecule has 3 fully saturated rings. The van der Waals surface area contributed by atoms with Crippen LogP contribution >= 0.6 is 0 Å². The van der Waals surface area contributed by atoms with Crippen LogP contribution in [0, 0.1) is 11.8 Å². The predicted molar refractivity (Wildman–Crippen MR) is 99.3 cm³/mol. The van der Waals surface area contributed by atoms with E-state index in [1.54, 1.807) is 13.3 Å². The molecule has 2 N–H and O–H groups in total. The summed E-state index contributed by atoms with van der Waals surface area (Å²) in [6.07, 6.45) is 5.25. The Morgan fingerprint density at radius 3 is 2.78 bits per heavy atom. The molecule has 2 bridgehead atoms. The van der Waals surface area contributed by atoms with Crippen LogP contribution in [-0.4, -0.2) is 68.5 Å². The van der Waals surface area contributed by atoms with Crippen LogP contribution in [0.5, 0.6) is 0 Å². The van der Waals surface area contributed by atoms with Gasteiger partial charge in [-0.05, 0) is 30.5 Å². The highest BCUT2D eigenvalue weighted by Crippen LogP contribution is 2.51. The average Bonchev–Trinajstić information content (AvgIpc) is 2.68. The number of carbonyl (C=O) groups is 1. The van der Waals surface area contributed by atoms with Crippen molar-refractivity contribution in [3.63, 3.8) is 0 Å². The van der Waals surface area contributed by atoms with E-state index < -0.39 is 5.91 Å². The molecular formula is C20H29N3O4. The summed E-state index contributed by atoms with van der Waals surface area (Å²) in [4.78, 5) is 18.2. The van der Waals surface area contributed by atoms with Gasteiger partial charge in [-0.3, -0.25) is 14.7 Å². The molecule has 2 saturated heterocycles. The van der Waals surface area contributed by atoms with Gasteiger partial charge in [-0.2, -0.15) is 0 Å². The maximum Gasteiger partial charge on any atom is 0.267 e. The van der Waals surface area contributed by atoms with E-state index in [9.17, 15) is 4.79 Å². The number of rotatable bonds is 5. The minimum Gasteiger partial charge on any atom is -0.376 e. The van der Waals surface area contributed by atoms with Crippen molar-refractivity contribution in [1.82, 2.24) is 9.88 Å². The highest BCUT2D eigenvalue weighted by atomic mass is 16.6. The van der Waals surface area contributed by atoms with Gasteiger partial charge in [0.15, 0.2) is 0 Å². The molecular weight excluding hydrogens is 346 g/mol. The summed E-state index contributed by atoms with van der Waals surface area (Å²) in [6, 6.07) is 3.81. The van der Waals surface area contributed by atoms with Crippen molar-refractivity contribution < 1.29 is 19.0 Å². The molecule has 2 aliphatic heterocycles. The van der Waals surface area contributed by atoms with Gasteiger partial charge >= 0.3 is 0 Å². The Hall–Kier alpha value is -1.54. The summed E-state index contributed by atoms with van der Waals surface area (Å²) < 4.78 is 17.7. The highest BCUT2D eigenvalue weighted by Gasteiger charge is 2.53. The lowest BCUT2D eigenvalue weighted by atomic mass is 9.62. The summed E-state index contributed by atoms with van der Waals surface area (Å²) in [6.45, 7) is 4.86. The quantitative estimate of drug-likeness (QED) is 0.831. The number of nitrogens with zero attached hydrogens (tertiary/aromatic N) is 2. The van der Waals surface area contributed by atoms with E-state index in [0.29, 0.717) is 37.4 Å². The first kappa shape index (κ1) is 18.8. The fourth-order valence-corrected chi connectivity index (χ4v) is 5.33. The number of hydrogen-bond acceptors (Lipinski definition) is 6. The largest absolute Gasteiger partial charge is 0.376 e. The Kier molecular flexibility index (Phi) is 5.45. The van der Waals surface area contributed by atoms with Crippen LogP contribution in [0.1, 0.15) is 35.3 Å². The Balaban J connectivity index is 1.58. The molecule has 4 rings (SSSR count). The molecule has 3 aliphatic rings. The maximum absolute atomic E-state index is 11.6. The van der Waals surface area contributed by atoms with Crippen LogP contribution in [-0.2, 0) is 19.8 Å². The van der Waals surface area contributed by atoms with Crippen LogP contribution in [0.25, 0.3) is 0 Å². The SMILES string of the molecule is COC1(c2ccnc(C(N)=O)c2)C2CCCC1CN(C[C@@H]1COCCO1)C2. The Bertz CT molecular complexity index is 663. The van der Waals surface area contributed by atoms with Crippen molar-refractivity contribution in [2.24, 2.45) is 17.6 Å². The Morgan fingerprint density at radius 1 is 1.37 bits per heavy atom. The minimum atomic E-state index is -0.500. The molecule has 1 aromatic heterocycles. The second-order valence-electron chi connectivity index (χ2n) is 7.90. The van der Waals surface area contributed by atoms with Crippen LogP contribution in [0.3, 0.4) is 0 Å². The third-order valence-corrected chi connectivity index (χ3v) is 6.42. The first-order valence-corrected chi connectivity index (χ1v) is 9.86. The smallest absolute Gasteiger partial charge is 0.267 e. The molecule has 1 aromatic rings. The van der Waals surface area contributed by atoms with E-state index in [0.717, 1.165) is 38.0 Å². The molecule has 148 valence electrons. The number of amides is 1. The number of fused-ring (bicyclic) bond motifs is 2. The van der Waals surface area contributed by atoms with Crippen LogP contribution < -0.4 is 5.73 Å². The number of carbonyl (C=O) groups excluding carboxylic acids is 1. The molecule has 1 saturated carbocycles. The lowest BCUT2D eigenvalue weighted by Gasteiger charge is -2.55. The number of pyridine rings is 1. The van der Waals surface area contributed by atoms with Crippen molar-refractivity contribution in [2.75, 3.05) is 46.6 Å². The first-order valence-electron chi connectivity index (χ1n) is 9.86. The molecule has 3 atom stereocenters. The number of likely N-dealkylation sites (tertiary alicyclic amines) is 1. The van der Waals surface area contributed by atoms with Crippen molar-refractivity contribution in [1.29, 1.82) is 0 Å². The molecule has 3 heterocycles. The normalized spacial score (nSPS) is 34.3. The Labute approximate surface area is 160 Å². The molecule has 2 unspecified atom stereocenters. The average molecular weight is 375 g/mol. The zero-order valence-electron chi connectivity index (χ0n) is 15.9. The monoisotopic (exact) mass is 375 g/mol. The third kappa shape index (κ3) is 3.49. The van der Waals surface area contributed by atoms with E-state index >= 15 is 0 Å². The van der Waals surface area contributed by atoms with Gasteiger partial charge in [-0.15, -0.1) is 0 Å². The van der Waals surface area contributed by atoms with Crippen molar-refractivity contribution in [2.45, 2.75) is 31.0 Å². The summed E-state index contributed by atoms with van der Waals surface area (Å²) in [5.74, 6) is 0.227. The van der Waals surface area contributed by atoms with Crippen LogP contribution in [0.2, 0.25) is 0 Å². The minimum absolute atomic E-state index is 0.150. The van der Waals surface area contributed by atoms with Gasteiger partial charge in [0.2, 0.25) is 0 Å². The van der Waals surface area contributed by atoms with Crippen LogP contribution in [0.4, 0.5) is 0 Å². The van der Waals surface area contributed by atoms with Crippen molar-refractivity contribution in [3.8, 4) is 0 Å². The van der Waals surface area contributed by atoms with Crippen molar-refractivity contribution in [3.05, 3.63) is 29.6 Å². The number of piperidine rings is 1. The van der Waals surface area contributed by atoms with Gasteiger partial charge in [0.05, 0.1) is 25.9 Å². The lowest BCUT2D eigenvalue weighted by molar-refractivity contribution is -0.177. The zero-order valence-corrected chi connectivity index (χ0v) is 15.9. The van der Waals surface area contributed by atoms with Gasteiger partial charge < -0.3 is 19.9 Å². The molecule has 0 aromatic carbocycles. The lowest BCUT2D eigenvalue weighted by Crippen LogP contribution is -2.60. The number of methoxy groups -OCH3 is 1. The number of aromatic nitrogens is 1.